The molecule has 0 atom stereocenters. The monoisotopic (exact) mass is 290 g/mol. The minimum absolute atomic E-state index is 0. The lowest BCUT2D eigenvalue weighted by atomic mass is 9.88. The molecule has 0 aromatic carbocycles. The molecule has 2 fully saturated rings. The fraction of sp³-hybridized carbons (Fsp3) is 0.929. The van der Waals surface area contributed by atoms with E-state index in [1.165, 1.54) is 19.3 Å². The molecule has 0 unspecified atom stereocenters. The van der Waals surface area contributed by atoms with Crippen LogP contribution < -0.4 is 5.32 Å². The summed E-state index contributed by atoms with van der Waals surface area (Å²) in [5.41, 5.74) is -0.572. The van der Waals surface area contributed by atoms with Crippen molar-refractivity contribution in [1.29, 1.82) is 0 Å². The molecule has 2 rings (SSSR count). The number of rotatable bonds is 3. The Labute approximate surface area is 122 Å². The number of nitrogens with zero attached hydrogens (tertiary/aromatic N) is 1. The third-order valence-electron chi connectivity index (χ3n) is 4.63. The van der Waals surface area contributed by atoms with Gasteiger partial charge >= 0.3 is 0 Å². The number of hydrogen-bond donors (Lipinski definition) is 1. The molecule has 1 saturated carbocycles. The highest BCUT2D eigenvalue weighted by Crippen LogP contribution is 2.29. The lowest BCUT2D eigenvalue weighted by Gasteiger charge is -2.41. The number of amides is 1. The molecule has 1 N–H and O–H groups in total. The largest absolute Gasteiger partial charge is 0.368 e. The minimum Gasteiger partial charge on any atom is -0.368 e. The van der Waals surface area contributed by atoms with Gasteiger partial charge in [-0.3, -0.25) is 4.79 Å². The maximum Gasteiger partial charge on any atom is 0.254 e. The SMILES string of the molecule is COC1(C(=O)N(C)C2CCCCC2)CCNCC1.Cl. The number of carbonyl (C=O) groups excluding carboxylic acids is 1. The van der Waals surface area contributed by atoms with Crippen molar-refractivity contribution in [3.63, 3.8) is 0 Å². The van der Waals surface area contributed by atoms with Gasteiger partial charge in [0.05, 0.1) is 0 Å². The van der Waals surface area contributed by atoms with Crippen LogP contribution in [0.1, 0.15) is 44.9 Å². The smallest absolute Gasteiger partial charge is 0.254 e. The van der Waals surface area contributed by atoms with Crippen LogP contribution in [0.3, 0.4) is 0 Å². The molecular weight excluding hydrogens is 264 g/mol. The second-order valence-electron chi connectivity index (χ2n) is 5.66. The summed E-state index contributed by atoms with van der Waals surface area (Å²) in [5.74, 6) is 0.193. The molecule has 1 saturated heterocycles. The van der Waals surface area contributed by atoms with Crippen LogP contribution in [0.25, 0.3) is 0 Å². The van der Waals surface area contributed by atoms with Crippen molar-refractivity contribution in [3.05, 3.63) is 0 Å². The fourth-order valence-corrected chi connectivity index (χ4v) is 3.29. The van der Waals surface area contributed by atoms with E-state index in [0.29, 0.717) is 6.04 Å². The highest BCUT2D eigenvalue weighted by atomic mass is 35.5. The van der Waals surface area contributed by atoms with Crippen LogP contribution in [-0.4, -0.2) is 49.7 Å². The predicted molar refractivity (Wildman–Crippen MR) is 78.7 cm³/mol. The molecule has 2 aliphatic rings. The van der Waals surface area contributed by atoms with Crippen LogP contribution in [0.2, 0.25) is 0 Å². The Morgan fingerprint density at radius 3 is 2.32 bits per heavy atom. The van der Waals surface area contributed by atoms with E-state index in [4.69, 9.17) is 4.74 Å². The van der Waals surface area contributed by atoms with Crippen molar-refractivity contribution in [2.45, 2.75) is 56.6 Å². The number of likely N-dealkylation sites (N-methyl/N-ethyl adjacent to an activating group) is 1. The van der Waals surface area contributed by atoms with Gasteiger partial charge in [-0.15, -0.1) is 12.4 Å². The second-order valence-corrected chi connectivity index (χ2v) is 5.66. The van der Waals surface area contributed by atoms with E-state index in [2.05, 4.69) is 5.32 Å². The Kier molecular flexibility index (Phi) is 6.57. The van der Waals surface area contributed by atoms with Crippen LogP contribution in [0.5, 0.6) is 0 Å². The summed E-state index contributed by atoms with van der Waals surface area (Å²) in [6.45, 7) is 1.75. The van der Waals surface area contributed by atoms with Gasteiger partial charge in [-0.05, 0) is 38.8 Å². The van der Waals surface area contributed by atoms with Gasteiger partial charge in [0.1, 0.15) is 5.60 Å². The number of hydrogen-bond acceptors (Lipinski definition) is 3. The first-order valence-electron chi connectivity index (χ1n) is 7.23. The summed E-state index contributed by atoms with van der Waals surface area (Å²) in [7, 11) is 3.64. The van der Waals surface area contributed by atoms with Crippen LogP contribution in [-0.2, 0) is 9.53 Å². The Morgan fingerprint density at radius 1 is 1.21 bits per heavy atom. The summed E-state index contributed by atoms with van der Waals surface area (Å²) < 4.78 is 5.62. The molecular formula is C14H27ClN2O2. The Balaban J connectivity index is 0.00000180. The molecule has 0 spiro atoms. The fourth-order valence-electron chi connectivity index (χ4n) is 3.29. The van der Waals surface area contributed by atoms with E-state index in [9.17, 15) is 4.79 Å². The third kappa shape index (κ3) is 3.61. The van der Waals surface area contributed by atoms with E-state index in [1.54, 1.807) is 7.11 Å². The first kappa shape index (κ1) is 16.7. The molecule has 1 aliphatic carbocycles. The van der Waals surface area contributed by atoms with Crippen molar-refractivity contribution < 1.29 is 9.53 Å². The van der Waals surface area contributed by atoms with Crippen LogP contribution in [0.4, 0.5) is 0 Å². The molecule has 1 heterocycles. The number of ether oxygens (including phenoxy) is 1. The van der Waals surface area contributed by atoms with E-state index >= 15 is 0 Å². The van der Waals surface area contributed by atoms with Gasteiger partial charge in [0.2, 0.25) is 0 Å². The maximum atomic E-state index is 12.7. The van der Waals surface area contributed by atoms with Gasteiger partial charge in [-0.2, -0.15) is 0 Å². The van der Waals surface area contributed by atoms with Gasteiger partial charge in [-0.1, -0.05) is 19.3 Å². The average Bonchev–Trinajstić information content (AvgIpc) is 2.47. The molecule has 0 aromatic rings. The summed E-state index contributed by atoms with van der Waals surface area (Å²) >= 11 is 0. The normalized spacial score (nSPS) is 23.5. The van der Waals surface area contributed by atoms with E-state index in [0.717, 1.165) is 38.8 Å². The van der Waals surface area contributed by atoms with Crippen molar-refractivity contribution in [3.8, 4) is 0 Å². The minimum atomic E-state index is -0.572. The van der Waals surface area contributed by atoms with Crippen LogP contribution in [0.15, 0.2) is 0 Å². The van der Waals surface area contributed by atoms with Gasteiger partial charge in [0, 0.05) is 20.2 Å². The quantitative estimate of drug-likeness (QED) is 0.864. The molecule has 0 bridgehead atoms. The highest BCUT2D eigenvalue weighted by molar-refractivity contribution is 5.85. The average molecular weight is 291 g/mol. The molecule has 5 heteroatoms. The van der Waals surface area contributed by atoms with Crippen LogP contribution >= 0.6 is 12.4 Å². The molecule has 1 aliphatic heterocycles. The van der Waals surface area contributed by atoms with Gasteiger partial charge in [-0.25, -0.2) is 0 Å². The van der Waals surface area contributed by atoms with Crippen molar-refractivity contribution in [2.24, 2.45) is 0 Å². The van der Waals surface area contributed by atoms with E-state index in [-0.39, 0.29) is 18.3 Å². The highest BCUT2D eigenvalue weighted by Gasteiger charge is 2.42. The zero-order valence-electron chi connectivity index (χ0n) is 12.1. The third-order valence-corrected chi connectivity index (χ3v) is 4.63. The predicted octanol–water partition coefficient (Wildman–Crippen LogP) is 1.97. The van der Waals surface area contributed by atoms with Crippen LogP contribution in [0, 0.1) is 0 Å². The molecule has 112 valence electrons. The lowest BCUT2D eigenvalue weighted by molar-refractivity contribution is -0.159. The molecule has 0 radical (unpaired) electrons. The number of methoxy groups -OCH3 is 1. The van der Waals surface area contributed by atoms with Gasteiger partial charge in [0.15, 0.2) is 0 Å². The van der Waals surface area contributed by atoms with Gasteiger partial charge in [0.25, 0.3) is 5.91 Å². The summed E-state index contributed by atoms with van der Waals surface area (Å²) in [6.07, 6.45) is 7.71. The van der Waals surface area contributed by atoms with Gasteiger partial charge < -0.3 is 15.0 Å². The second kappa shape index (κ2) is 7.46. The Hall–Kier alpha value is -0.320. The Bertz CT molecular complexity index is 287. The number of piperidine rings is 1. The van der Waals surface area contributed by atoms with Crippen molar-refractivity contribution in [1.82, 2.24) is 10.2 Å². The number of halogens is 1. The topological polar surface area (TPSA) is 41.6 Å². The first-order chi connectivity index (χ1) is 8.69. The van der Waals surface area contributed by atoms with Crippen molar-refractivity contribution >= 4 is 18.3 Å². The summed E-state index contributed by atoms with van der Waals surface area (Å²) in [4.78, 5) is 14.7. The molecule has 0 aromatic heterocycles. The first-order valence-corrected chi connectivity index (χ1v) is 7.23. The zero-order chi connectivity index (χ0) is 13.0. The molecule has 1 amide bonds. The molecule has 4 nitrogen and oxygen atoms in total. The van der Waals surface area contributed by atoms with E-state index in [1.807, 2.05) is 11.9 Å². The Morgan fingerprint density at radius 2 is 1.79 bits per heavy atom. The number of carbonyl (C=O) groups is 1. The standard InChI is InChI=1S/C14H26N2O2.ClH/c1-16(12-6-4-3-5-7-12)13(17)14(18-2)8-10-15-11-9-14;/h12,15H,3-11H2,1-2H3;1H. The number of nitrogens with one attached hydrogen (secondary N) is 1. The van der Waals surface area contributed by atoms with E-state index < -0.39 is 5.60 Å². The zero-order valence-corrected chi connectivity index (χ0v) is 12.9. The molecule has 19 heavy (non-hydrogen) atoms. The summed E-state index contributed by atoms with van der Waals surface area (Å²) in [5, 5.41) is 3.30. The lowest BCUT2D eigenvalue weighted by Crippen LogP contribution is -2.56. The maximum absolute atomic E-state index is 12.7. The van der Waals surface area contributed by atoms with Crippen molar-refractivity contribution in [2.75, 3.05) is 27.2 Å². The summed E-state index contributed by atoms with van der Waals surface area (Å²) in [6, 6.07) is 0.424.